The maximum absolute atomic E-state index is 12.4. The Morgan fingerprint density at radius 3 is 2.84 bits per heavy atom. The summed E-state index contributed by atoms with van der Waals surface area (Å²) in [7, 11) is 0. The first-order valence-corrected chi connectivity index (χ1v) is 7.13. The Hall–Kier alpha value is -1.94. The van der Waals surface area contributed by atoms with Gasteiger partial charge < -0.3 is 4.90 Å². The Morgan fingerprint density at radius 1 is 1.11 bits per heavy atom. The van der Waals surface area contributed by atoms with Crippen LogP contribution in [0.5, 0.6) is 0 Å². The summed E-state index contributed by atoms with van der Waals surface area (Å²) in [5.41, 5.74) is 2.54. The van der Waals surface area contributed by atoms with Gasteiger partial charge in [0.25, 0.3) is 5.91 Å². The van der Waals surface area contributed by atoms with Crippen LogP contribution in [0.2, 0.25) is 0 Å². The van der Waals surface area contributed by atoms with Crippen molar-refractivity contribution in [3.05, 3.63) is 57.3 Å². The molecule has 0 saturated heterocycles. The predicted molar refractivity (Wildman–Crippen MR) is 72.3 cm³/mol. The molecule has 1 atom stereocenters. The molecule has 4 rings (SSSR count). The maximum Gasteiger partial charge on any atom is 0.255 e. The second-order valence-corrected chi connectivity index (χ2v) is 5.92. The van der Waals surface area contributed by atoms with Crippen LogP contribution in [0.25, 0.3) is 0 Å². The van der Waals surface area contributed by atoms with Crippen molar-refractivity contribution in [1.82, 2.24) is 4.90 Å². The van der Waals surface area contributed by atoms with E-state index in [1.165, 1.54) is 0 Å². The fourth-order valence-corrected chi connectivity index (χ4v) is 3.89. The lowest BCUT2D eigenvalue weighted by atomic mass is 9.99. The van der Waals surface area contributed by atoms with Crippen LogP contribution >= 0.6 is 11.3 Å². The van der Waals surface area contributed by atoms with Crippen molar-refractivity contribution in [2.75, 3.05) is 0 Å². The molecular weight excluding hydrogens is 258 g/mol. The zero-order valence-corrected chi connectivity index (χ0v) is 10.9. The monoisotopic (exact) mass is 269 g/mol. The molecule has 3 heterocycles. The molecule has 0 saturated carbocycles. The maximum atomic E-state index is 12.4. The lowest BCUT2D eigenvalue weighted by Crippen LogP contribution is -2.26. The van der Waals surface area contributed by atoms with Crippen LogP contribution in [0.15, 0.2) is 35.7 Å². The van der Waals surface area contributed by atoms with Gasteiger partial charge in [-0.3, -0.25) is 9.59 Å². The van der Waals surface area contributed by atoms with E-state index in [0.29, 0.717) is 13.0 Å². The minimum absolute atomic E-state index is 0.0506. The highest BCUT2D eigenvalue weighted by Gasteiger charge is 2.40. The number of nitrogens with zero attached hydrogens (tertiary/aromatic N) is 1. The van der Waals surface area contributed by atoms with E-state index in [9.17, 15) is 9.59 Å². The van der Waals surface area contributed by atoms with Crippen LogP contribution in [0, 0.1) is 0 Å². The van der Waals surface area contributed by atoms with Crippen LogP contribution in [0.3, 0.4) is 0 Å². The Labute approximate surface area is 114 Å². The first-order chi connectivity index (χ1) is 9.25. The number of carbonyl (C=O) groups is 2. The molecule has 1 aromatic carbocycles. The SMILES string of the molecule is O=C1CC2c3ccccc3C(=O)N2Cc2sccc21. The minimum atomic E-state index is -0.0872. The van der Waals surface area contributed by atoms with Gasteiger partial charge in [-0.1, -0.05) is 18.2 Å². The molecule has 19 heavy (non-hydrogen) atoms. The summed E-state index contributed by atoms with van der Waals surface area (Å²) in [6, 6.07) is 9.41. The fourth-order valence-electron chi connectivity index (χ4n) is 3.00. The summed E-state index contributed by atoms with van der Waals surface area (Å²) >= 11 is 1.56. The highest BCUT2D eigenvalue weighted by molar-refractivity contribution is 7.10. The average molecular weight is 269 g/mol. The van der Waals surface area contributed by atoms with E-state index < -0.39 is 0 Å². The van der Waals surface area contributed by atoms with Gasteiger partial charge in [0.1, 0.15) is 0 Å². The molecule has 4 heteroatoms. The van der Waals surface area contributed by atoms with Gasteiger partial charge in [-0.15, -0.1) is 11.3 Å². The quantitative estimate of drug-likeness (QED) is 0.737. The predicted octanol–water partition coefficient (Wildman–Crippen LogP) is 3.03. The van der Waals surface area contributed by atoms with Crippen molar-refractivity contribution in [3.63, 3.8) is 0 Å². The van der Waals surface area contributed by atoms with Crippen molar-refractivity contribution in [3.8, 4) is 0 Å². The normalized spacial score (nSPS) is 20.8. The number of thiophene rings is 1. The van der Waals surface area contributed by atoms with Crippen LogP contribution in [-0.4, -0.2) is 16.6 Å². The molecule has 0 bridgehead atoms. The summed E-state index contributed by atoms with van der Waals surface area (Å²) in [4.78, 5) is 27.6. The summed E-state index contributed by atoms with van der Waals surface area (Å²) in [5, 5.41) is 1.93. The Morgan fingerprint density at radius 2 is 1.95 bits per heavy atom. The van der Waals surface area contributed by atoms with Crippen molar-refractivity contribution >= 4 is 23.0 Å². The topological polar surface area (TPSA) is 37.4 Å². The second kappa shape index (κ2) is 3.78. The molecule has 94 valence electrons. The first kappa shape index (κ1) is 10.9. The fraction of sp³-hybridized carbons (Fsp3) is 0.200. The van der Waals surface area contributed by atoms with Crippen LogP contribution in [0.1, 0.15) is 43.6 Å². The van der Waals surface area contributed by atoms with E-state index in [0.717, 1.165) is 21.6 Å². The van der Waals surface area contributed by atoms with Gasteiger partial charge in [-0.25, -0.2) is 0 Å². The molecule has 0 radical (unpaired) electrons. The van der Waals surface area contributed by atoms with Gasteiger partial charge in [0.05, 0.1) is 12.6 Å². The number of amides is 1. The Balaban J connectivity index is 1.86. The first-order valence-electron chi connectivity index (χ1n) is 6.25. The average Bonchev–Trinajstić information content (AvgIpc) is 2.95. The standard InChI is InChI=1S/C15H11NO2S/c17-13-7-12-9-3-1-2-4-10(9)15(18)16(12)8-14-11(13)5-6-19-14/h1-6,12H,7-8H2. The Kier molecular flexibility index (Phi) is 2.17. The molecule has 2 aromatic rings. The third-order valence-corrected chi connectivity index (χ3v) is 4.83. The molecule has 0 spiro atoms. The Bertz CT molecular complexity index is 704. The number of carbonyl (C=O) groups excluding carboxylic acids is 2. The molecular formula is C15H11NO2S. The lowest BCUT2D eigenvalue weighted by Gasteiger charge is -2.21. The molecule has 1 unspecified atom stereocenters. The molecule has 2 aliphatic heterocycles. The van der Waals surface area contributed by atoms with E-state index in [1.807, 2.05) is 40.6 Å². The summed E-state index contributed by atoms with van der Waals surface area (Å²) in [6.07, 6.45) is 0.395. The molecule has 1 aromatic heterocycles. The summed E-state index contributed by atoms with van der Waals surface area (Å²) in [6.45, 7) is 0.553. The van der Waals surface area contributed by atoms with E-state index >= 15 is 0 Å². The van der Waals surface area contributed by atoms with Gasteiger partial charge >= 0.3 is 0 Å². The third kappa shape index (κ3) is 1.43. The number of ketones is 1. The highest BCUT2D eigenvalue weighted by atomic mass is 32.1. The number of Topliss-reactive ketones (excluding diaryl/α,β-unsaturated/α-hetero) is 1. The van der Waals surface area contributed by atoms with E-state index in [1.54, 1.807) is 11.3 Å². The smallest absolute Gasteiger partial charge is 0.255 e. The van der Waals surface area contributed by atoms with Crippen LogP contribution in [0.4, 0.5) is 0 Å². The number of hydrogen-bond acceptors (Lipinski definition) is 3. The van der Waals surface area contributed by atoms with Gasteiger partial charge in [-0.05, 0) is 23.1 Å². The number of fused-ring (bicyclic) bond motifs is 4. The molecule has 0 fully saturated rings. The van der Waals surface area contributed by atoms with E-state index in [-0.39, 0.29) is 17.7 Å². The van der Waals surface area contributed by atoms with Gasteiger partial charge in [0.2, 0.25) is 0 Å². The number of benzene rings is 1. The zero-order chi connectivity index (χ0) is 13.0. The highest BCUT2D eigenvalue weighted by Crippen LogP contribution is 2.41. The molecule has 1 amide bonds. The number of rotatable bonds is 0. The minimum Gasteiger partial charge on any atom is -0.326 e. The number of hydrogen-bond donors (Lipinski definition) is 0. The van der Waals surface area contributed by atoms with E-state index in [2.05, 4.69) is 0 Å². The zero-order valence-electron chi connectivity index (χ0n) is 10.1. The second-order valence-electron chi connectivity index (χ2n) is 4.92. The molecule has 0 N–H and O–H groups in total. The molecule has 3 nitrogen and oxygen atoms in total. The van der Waals surface area contributed by atoms with Gasteiger partial charge in [-0.2, -0.15) is 0 Å². The largest absolute Gasteiger partial charge is 0.326 e. The van der Waals surface area contributed by atoms with Gasteiger partial charge in [0.15, 0.2) is 5.78 Å². The summed E-state index contributed by atoms with van der Waals surface area (Å²) < 4.78 is 0. The van der Waals surface area contributed by atoms with Crippen molar-refractivity contribution in [1.29, 1.82) is 0 Å². The van der Waals surface area contributed by atoms with Crippen molar-refractivity contribution < 1.29 is 9.59 Å². The molecule has 0 aliphatic carbocycles. The lowest BCUT2D eigenvalue weighted by molar-refractivity contribution is 0.0701. The van der Waals surface area contributed by atoms with Crippen LogP contribution in [-0.2, 0) is 6.54 Å². The van der Waals surface area contributed by atoms with Crippen molar-refractivity contribution in [2.45, 2.75) is 19.0 Å². The van der Waals surface area contributed by atoms with Gasteiger partial charge in [0, 0.05) is 22.4 Å². The third-order valence-electron chi connectivity index (χ3n) is 3.93. The molecule has 2 aliphatic rings. The summed E-state index contributed by atoms with van der Waals surface area (Å²) in [5.74, 6) is 0.197. The van der Waals surface area contributed by atoms with Crippen LogP contribution < -0.4 is 0 Å². The van der Waals surface area contributed by atoms with E-state index in [4.69, 9.17) is 0 Å². The van der Waals surface area contributed by atoms with Crippen molar-refractivity contribution in [2.24, 2.45) is 0 Å².